The second-order valence-electron chi connectivity index (χ2n) is 6.11. The SMILES string of the molecule is CCN(CC(=O)NC(C)(C)C)S(=O)(=O)Cc1cccc(F)c1. The molecule has 0 bridgehead atoms. The van der Waals surface area contributed by atoms with Gasteiger partial charge in [0.15, 0.2) is 0 Å². The Hall–Kier alpha value is -1.47. The Balaban J connectivity index is 2.82. The number of hydrogen-bond acceptors (Lipinski definition) is 3. The Morgan fingerprint density at radius 1 is 1.32 bits per heavy atom. The number of sulfonamides is 1. The number of hydrogen-bond donors (Lipinski definition) is 1. The molecule has 1 aromatic rings. The van der Waals surface area contributed by atoms with E-state index in [1.165, 1.54) is 18.2 Å². The van der Waals surface area contributed by atoms with E-state index in [4.69, 9.17) is 0 Å². The lowest BCUT2D eigenvalue weighted by molar-refractivity contribution is -0.122. The van der Waals surface area contributed by atoms with E-state index in [0.29, 0.717) is 5.56 Å². The summed E-state index contributed by atoms with van der Waals surface area (Å²) in [5.74, 6) is -1.18. The minimum atomic E-state index is -3.69. The molecule has 0 atom stereocenters. The summed E-state index contributed by atoms with van der Waals surface area (Å²) in [7, 11) is -3.69. The van der Waals surface area contributed by atoms with Crippen molar-refractivity contribution < 1.29 is 17.6 Å². The highest BCUT2D eigenvalue weighted by Crippen LogP contribution is 2.12. The normalized spacial score (nSPS) is 12.5. The quantitative estimate of drug-likeness (QED) is 0.866. The van der Waals surface area contributed by atoms with Crippen LogP contribution in [-0.2, 0) is 20.6 Å². The molecule has 0 fully saturated rings. The first-order chi connectivity index (χ1) is 10.0. The van der Waals surface area contributed by atoms with Crippen molar-refractivity contribution >= 4 is 15.9 Å². The van der Waals surface area contributed by atoms with E-state index in [1.54, 1.807) is 13.0 Å². The summed E-state index contributed by atoms with van der Waals surface area (Å²) in [5, 5.41) is 2.72. The minimum absolute atomic E-state index is 0.176. The molecule has 0 saturated carbocycles. The van der Waals surface area contributed by atoms with Gasteiger partial charge in [-0.1, -0.05) is 19.1 Å². The van der Waals surface area contributed by atoms with Crippen molar-refractivity contribution in [2.24, 2.45) is 0 Å². The van der Waals surface area contributed by atoms with Gasteiger partial charge >= 0.3 is 0 Å². The lowest BCUT2D eigenvalue weighted by Gasteiger charge is -2.24. The summed E-state index contributed by atoms with van der Waals surface area (Å²) in [5.41, 5.74) is -0.0716. The predicted molar refractivity (Wildman–Crippen MR) is 84.2 cm³/mol. The third-order valence-corrected chi connectivity index (χ3v) is 4.69. The second kappa shape index (κ2) is 7.19. The smallest absolute Gasteiger partial charge is 0.235 e. The van der Waals surface area contributed by atoms with Gasteiger partial charge in [-0.15, -0.1) is 0 Å². The first-order valence-electron chi connectivity index (χ1n) is 7.07. The topological polar surface area (TPSA) is 66.5 Å². The van der Waals surface area contributed by atoms with Crippen molar-refractivity contribution in [2.45, 2.75) is 39.0 Å². The Labute approximate surface area is 131 Å². The highest BCUT2D eigenvalue weighted by molar-refractivity contribution is 7.88. The highest BCUT2D eigenvalue weighted by atomic mass is 32.2. The van der Waals surface area contributed by atoms with Gasteiger partial charge in [0.2, 0.25) is 15.9 Å². The van der Waals surface area contributed by atoms with Crippen LogP contribution in [0.3, 0.4) is 0 Å². The van der Waals surface area contributed by atoms with E-state index >= 15 is 0 Å². The standard InChI is InChI=1S/C15H23FN2O3S/c1-5-18(10-14(19)17-15(2,3)4)22(20,21)11-12-7-6-8-13(16)9-12/h6-9H,5,10-11H2,1-4H3,(H,17,19). The lowest BCUT2D eigenvalue weighted by atomic mass is 10.1. The van der Waals surface area contributed by atoms with Gasteiger partial charge in [-0.2, -0.15) is 4.31 Å². The molecule has 7 heteroatoms. The van der Waals surface area contributed by atoms with Crippen molar-refractivity contribution in [3.05, 3.63) is 35.6 Å². The summed E-state index contributed by atoms with van der Waals surface area (Å²) in [6.45, 7) is 7.06. The van der Waals surface area contributed by atoms with Crippen LogP contribution in [-0.4, -0.2) is 37.3 Å². The summed E-state index contributed by atoms with van der Waals surface area (Å²) in [6, 6.07) is 5.44. The van der Waals surface area contributed by atoms with Gasteiger partial charge in [-0.3, -0.25) is 4.79 Å². The maximum Gasteiger partial charge on any atom is 0.235 e. The van der Waals surface area contributed by atoms with Gasteiger partial charge in [0.05, 0.1) is 12.3 Å². The molecule has 1 aromatic carbocycles. The number of halogens is 1. The molecule has 0 aromatic heterocycles. The largest absolute Gasteiger partial charge is 0.350 e. The van der Waals surface area contributed by atoms with E-state index in [-0.39, 0.29) is 24.7 Å². The molecule has 0 unspecified atom stereocenters. The summed E-state index contributed by atoms with van der Waals surface area (Å²) < 4.78 is 39.0. The third-order valence-electron chi connectivity index (χ3n) is 2.82. The van der Waals surface area contributed by atoms with E-state index in [1.807, 2.05) is 20.8 Å². The zero-order chi connectivity index (χ0) is 17.0. The average Bonchev–Trinajstić information content (AvgIpc) is 2.33. The van der Waals surface area contributed by atoms with Crippen LogP contribution in [0.2, 0.25) is 0 Å². The van der Waals surface area contributed by atoms with Crippen molar-refractivity contribution in [1.29, 1.82) is 0 Å². The summed E-state index contributed by atoms with van der Waals surface area (Å²) in [6.07, 6.45) is 0. The number of likely N-dealkylation sites (N-methyl/N-ethyl adjacent to an activating group) is 1. The third kappa shape index (κ3) is 6.11. The van der Waals surface area contributed by atoms with Crippen LogP contribution in [0.1, 0.15) is 33.3 Å². The molecule has 1 N–H and O–H groups in total. The van der Waals surface area contributed by atoms with E-state index in [0.717, 1.165) is 4.31 Å². The molecule has 0 heterocycles. The molecule has 1 rings (SSSR count). The van der Waals surface area contributed by atoms with Crippen LogP contribution in [0.15, 0.2) is 24.3 Å². The molecule has 5 nitrogen and oxygen atoms in total. The average molecular weight is 330 g/mol. The van der Waals surface area contributed by atoms with Crippen LogP contribution in [0.5, 0.6) is 0 Å². The Morgan fingerprint density at radius 3 is 2.45 bits per heavy atom. The number of benzene rings is 1. The zero-order valence-electron chi connectivity index (χ0n) is 13.4. The van der Waals surface area contributed by atoms with Crippen molar-refractivity contribution in [2.75, 3.05) is 13.1 Å². The maximum atomic E-state index is 13.1. The first-order valence-corrected chi connectivity index (χ1v) is 8.67. The number of amides is 1. The van der Waals surface area contributed by atoms with Gasteiger partial charge in [-0.05, 0) is 38.5 Å². The van der Waals surface area contributed by atoms with Crippen molar-refractivity contribution in [1.82, 2.24) is 9.62 Å². The molecule has 22 heavy (non-hydrogen) atoms. The fourth-order valence-electron chi connectivity index (χ4n) is 1.95. The van der Waals surface area contributed by atoms with Gasteiger partial charge < -0.3 is 5.32 Å². The van der Waals surface area contributed by atoms with E-state index in [9.17, 15) is 17.6 Å². The van der Waals surface area contributed by atoms with Gasteiger partial charge in [0.25, 0.3) is 0 Å². The van der Waals surface area contributed by atoms with Crippen LogP contribution < -0.4 is 5.32 Å². The highest BCUT2D eigenvalue weighted by Gasteiger charge is 2.25. The molecular formula is C15H23FN2O3S. The Kier molecular flexibility index (Phi) is 6.08. The van der Waals surface area contributed by atoms with Crippen LogP contribution in [0.25, 0.3) is 0 Å². The Bertz CT molecular complexity index is 624. The fourth-order valence-corrected chi connectivity index (χ4v) is 3.44. The predicted octanol–water partition coefficient (Wildman–Crippen LogP) is 1.89. The van der Waals surface area contributed by atoms with Gasteiger partial charge in [-0.25, -0.2) is 12.8 Å². The van der Waals surface area contributed by atoms with E-state index < -0.39 is 21.4 Å². The summed E-state index contributed by atoms with van der Waals surface area (Å²) >= 11 is 0. The number of nitrogens with one attached hydrogen (secondary N) is 1. The fraction of sp³-hybridized carbons (Fsp3) is 0.533. The summed E-state index contributed by atoms with van der Waals surface area (Å²) in [4.78, 5) is 11.9. The molecule has 1 amide bonds. The molecule has 0 spiro atoms. The van der Waals surface area contributed by atoms with Gasteiger partial charge in [0.1, 0.15) is 5.82 Å². The second-order valence-corrected chi connectivity index (χ2v) is 8.08. The number of carbonyl (C=O) groups is 1. The van der Waals surface area contributed by atoms with Crippen LogP contribution in [0, 0.1) is 5.82 Å². The van der Waals surface area contributed by atoms with Crippen molar-refractivity contribution in [3.8, 4) is 0 Å². The number of rotatable bonds is 6. The first kappa shape index (κ1) is 18.6. The molecule has 0 aliphatic rings. The lowest BCUT2D eigenvalue weighted by Crippen LogP contribution is -2.47. The molecule has 0 aliphatic heterocycles. The maximum absolute atomic E-state index is 13.1. The molecular weight excluding hydrogens is 307 g/mol. The van der Waals surface area contributed by atoms with Crippen molar-refractivity contribution in [3.63, 3.8) is 0 Å². The monoisotopic (exact) mass is 330 g/mol. The van der Waals surface area contributed by atoms with E-state index in [2.05, 4.69) is 5.32 Å². The zero-order valence-corrected chi connectivity index (χ0v) is 14.2. The van der Waals surface area contributed by atoms with Crippen LogP contribution in [0.4, 0.5) is 4.39 Å². The number of nitrogens with zero attached hydrogens (tertiary/aromatic N) is 1. The molecule has 124 valence electrons. The number of carbonyl (C=O) groups excluding carboxylic acids is 1. The molecule has 0 radical (unpaired) electrons. The molecule has 0 saturated heterocycles. The van der Waals surface area contributed by atoms with Gasteiger partial charge in [0, 0.05) is 12.1 Å². The van der Waals surface area contributed by atoms with Crippen LogP contribution >= 0.6 is 0 Å². The Morgan fingerprint density at radius 2 is 1.95 bits per heavy atom. The molecule has 0 aliphatic carbocycles. The minimum Gasteiger partial charge on any atom is -0.350 e.